The fraction of sp³-hybridized carbons (Fsp3) is 0.286. The van der Waals surface area contributed by atoms with Gasteiger partial charge in [-0.15, -0.1) is 11.3 Å². The maximum Gasteiger partial charge on any atom is 0.261 e. The second-order valence-electron chi connectivity index (χ2n) is 7.02. The zero-order valence-electron chi connectivity index (χ0n) is 14.8. The highest BCUT2D eigenvalue weighted by Crippen LogP contribution is 2.36. The van der Waals surface area contributed by atoms with E-state index in [1.807, 2.05) is 18.2 Å². The Bertz CT molecular complexity index is 977. The lowest BCUT2D eigenvalue weighted by atomic mass is 10.1. The molecule has 0 bridgehead atoms. The van der Waals surface area contributed by atoms with Gasteiger partial charge in [-0.25, -0.2) is 4.98 Å². The second-order valence-corrected chi connectivity index (χ2v) is 8.08. The molecule has 0 saturated carbocycles. The van der Waals surface area contributed by atoms with Crippen molar-refractivity contribution in [2.24, 2.45) is 0 Å². The van der Waals surface area contributed by atoms with Crippen LogP contribution in [0.15, 0.2) is 48.5 Å². The monoisotopic (exact) mass is 377 g/mol. The second kappa shape index (κ2) is 6.55. The minimum Gasteiger partial charge on any atom is -0.292 e. The average molecular weight is 377 g/mol. The highest BCUT2D eigenvalue weighted by Gasteiger charge is 2.36. The predicted octanol–water partition coefficient (Wildman–Crippen LogP) is 3.73. The summed E-state index contributed by atoms with van der Waals surface area (Å²) in [4.78, 5) is 33.7. The Morgan fingerprint density at radius 2 is 1.67 bits per heavy atom. The van der Waals surface area contributed by atoms with Crippen molar-refractivity contribution in [3.05, 3.63) is 64.7 Å². The van der Waals surface area contributed by atoms with E-state index in [-0.39, 0.29) is 17.9 Å². The van der Waals surface area contributed by atoms with Gasteiger partial charge in [0.1, 0.15) is 5.01 Å². The van der Waals surface area contributed by atoms with Crippen LogP contribution >= 0.6 is 11.3 Å². The van der Waals surface area contributed by atoms with E-state index in [4.69, 9.17) is 4.98 Å². The van der Waals surface area contributed by atoms with Crippen LogP contribution < -0.4 is 0 Å². The number of imide groups is 1. The summed E-state index contributed by atoms with van der Waals surface area (Å²) in [6.07, 6.45) is 2.19. The molecule has 136 valence electrons. The number of fused-ring (bicyclic) bond motifs is 2. The number of carbonyl (C=O) groups is 2. The number of aromatic nitrogens is 1. The summed E-state index contributed by atoms with van der Waals surface area (Å²) < 4.78 is 1.21. The number of rotatable bonds is 4. The molecule has 0 spiro atoms. The van der Waals surface area contributed by atoms with E-state index in [9.17, 15) is 9.59 Å². The van der Waals surface area contributed by atoms with Crippen LogP contribution in [0.1, 0.15) is 44.6 Å². The van der Waals surface area contributed by atoms with Crippen molar-refractivity contribution in [3.63, 3.8) is 0 Å². The van der Waals surface area contributed by atoms with Crippen LogP contribution in [0, 0.1) is 0 Å². The summed E-state index contributed by atoms with van der Waals surface area (Å²) >= 11 is 1.75. The summed E-state index contributed by atoms with van der Waals surface area (Å²) in [5.74, 6) is -0.349. The Kier molecular flexibility index (Phi) is 4.02. The van der Waals surface area contributed by atoms with Crippen molar-refractivity contribution in [1.29, 1.82) is 0 Å². The van der Waals surface area contributed by atoms with Gasteiger partial charge < -0.3 is 0 Å². The van der Waals surface area contributed by atoms with Crippen LogP contribution in [0.3, 0.4) is 0 Å². The Morgan fingerprint density at radius 3 is 2.41 bits per heavy atom. The Hall–Kier alpha value is -2.57. The largest absolute Gasteiger partial charge is 0.292 e. The molecule has 3 heterocycles. The molecule has 2 aromatic carbocycles. The highest BCUT2D eigenvalue weighted by molar-refractivity contribution is 7.18. The van der Waals surface area contributed by atoms with Crippen molar-refractivity contribution in [3.8, 4) is 0 Å². The zero-order chi connectivity index (χ0) is 18.4. The molecule has 0 aliphatic carbocycles. The first-order valence-corrected chi connectivity index (χ1v) is 10.1. The van der Waals surface area contributed by atoms with E-state index in [1.165, 1.54) is 9.60 Å². The summed E-state index contributed by atoms with van der Waals surface area (Å²) in [5, 5.41) is 1.14. The van der Waals surface area contributed by atoms with E-state index in [1.54, 1.807) is 35.6 Å². The Morgan fingerprint density at radius 1 is 0.963 bits per heavy atom. The number of carbonyl (C=O) groups excluding carboxylic acids is 2. The van der Waals surface area contributed by atoms with E-state index in [2.05, 4.69) is 11.0 Å². The molecule has 6 heteroatoms. The third-order valence-electron chi connectivity index (χ3n) is 5.45. The van der Waals surface area contributed by atoms with Gasteiger partial charge in [0.15, 0.2) is 0 Å². The first kappa shape index (κ1) is 16.6. The topological polar surface area (TPSA) is 53.5 Å². The van der Waals surface area contributed by atoms with Crippen molar-refractivity contribution < 1.29 is 9.59 Å². The van der Waals surface area contributed by atoms with Crippen LogP contribution in [0.4, 0.5) is 0 Å². The molecule has 1 saturated heterocycles. The molecule has 2 amide bonds. The maximum atomic E-state index is 12.6. The number of hydrogen-bond acceptors (Lipinski definition) is 5. The van der Waals surface area contributed by atoms with E-state index < -0.39 is 0 Å². The number of nitrogens with zero attached hydrogens (tertiary/aromatic N) is 3. The lowest BCUT2D eigenvalue weighted by Gasteiger charge is -2.25. The maximum absolute atomic E-state index is 12.6. The summed E-state index contributed by atoms with van der Waals surface area (Å²) in [7, 11) is 0. The first-order valence-electron chi connectivity index (χ1n) is 9.27. The number of likely N-dealkylation sites (tertiary alicyclic amines) is 1. The minimum absolute atomic E-state index is 0.175. The molecule has 1 fully saturated rings. The molecular weight excluding hydrogens is 358 g/mol. The van der Waals surface area contributed by atoms with Crippen LogP contribution in [0.25, 0.3) is 10.2 Å². The number of thiazole rings is 1. The van der Waals surface area contributed by atoms with Gasteiger partial charge in [-0.1, -0.05) is 24.3 Å². The van der Waals surface area contributed by atoms with Gasteiger partial charge in [-0.3, -0.25) is 19.4 Å². The van der Waals surface area contributed by atoms with Gasteiger partial charge in [0, 0.05) is 13.1 Å². The van der Waals surface area contributed by atoms with Gasteiger partial charge in [0.2, 0.25) is 0 Å². The Labute approximate surface area is 161 Å². The van der Waals surface area contributed by atoms with Crippen LogP contribution in [-0.4, -0.2) is 46.2 Å². The van der Waals surface area contributed by atoms with Crippen molar-refractivity contribution in [1.82, 2.24) is 14.8 Å². The lowest BCUT2D eigenvalue weighted by Crippen LogP contribution is -2.38. The van der Waals surface area contributed by atoms with Crippen molar-refractivity contribution in [2.45, 2.75) is 18.9 Å². The van der Waals surface area contributed by atoms with E-state index >= 15 is 0 Å². The molecule has 5 rings (SSSR count). The van der Waals surface area contributed by atoms with E-state index in [0.29, 0.717) is 24.2 Å². The van der Waals surface area contributed by atoms with Crippen molar-refractivity contribution >= 4 is 33.4 Å². The number of hydrogen-bond donors (Lipinski definition) is 0. The van der Waals surface area contributed by atoms with E-state index in [0.717, 1.165) is 29.9 Å². The van der Waals surface area contributed by atoms with Crippen molar-refractivity contribution in [2.75, 3.05) is 19.6 Å². The normalized spacial score (nSPS) is 20.0. The molecule has 0 N–H and O–H groups in total. The molecule has 0 radical (unpaired) electrons. The summed E-state index contributed by atoms with van der Waals surface area (Å²) in [5.41, 5.74) is 2.09. The number of amides is 2. The van der Waals surface area contributed by atoms with Gasteiger partial charge in [0.05, 0.1) is 27.4 Å². The summed E-state index contributed by atoms with van der Waals surface area (Å²) in [6.45, 7) is 2.09. The van der Waals surface area contributed by atoms with Gasteiger partial charge in [0.25, 0.3) is 11.8 Å². The smallest absolute Gasteiger partial charge is 0.261 e. The third kappa shape index (κ3) is 2.76. The zero-order valence-corrected chi connectivity index (χ0v) is 15.6. The van der Waals surface area contributed by atoms with Crippen LogP contribution in [-0.2, 0) is 0 Å². The molecule has 1 aromatic heterocycles. The fourth-order valence-corrected chi connectivity index (χ4v) is 5.21. The molecule has 2 aliphatic heterocycles. The molecule has 1 atom stereocenters. The molecule has 2 aliphatic rings. The van der Waals surface area contributed by atoms with Gasteiger partial charge in [-0.2, -0.15) is 0 Å². The molecule has 1 unspecified atom stereocenters. The molecule has 3 aromatic rings. The highest BCUT2D eigenvalue weighted by atomic mass is 32.1. The minimum atomic E-state index is -0.175. The Balaban J connectivity index is 1.32. The summed E-state index contributed by atoms with van der Waals surface area (Å²) in [6, 6.07) is 15.6. The molecule has 27 heavy (non-hydrogen) atoms. The number of benzene rings is 2. The molecule has 5 nitrogen and oxygen atoms in total. The average Bonchev–Trinajstić information content (AvgIpc) is 3.38. The van der Waals surface area contributed by atoms with Gasteiger partial charge in [-0.05, 0) is 43.7 Å². The van der Waals surface area contributed by atoms with Crippen LogP contribution in [0.5, 0.6) is 0 Å². The lowest BCUT2D eigenvalue weighted by molar-refractivity contribution is 0.0633. The fourth-order valence-electron chi connectivity index (χ4n) is 4.08. The number of para-hydroxylation sites is 1. The van der Waals surface area contributed by atoms with Gasteiger partial charge >= 0.3 is 0 Å². The first-order chi connectivity index (χ1) is 13.2. The van der Waals surface area contributed by atoms with Crippen LogP contribution in [0.2, 0.25) is 0 Å². The predicted molar refractivity (Wildman–Crippen MR) is 105 cm³/mol. The third-order valence-corrected chi connectivity index (χ3v) is 6.59. The standard InChI is InChI=1S/C21H19N3O2S/c25-20-14-6-1-2-7-15(14)21(26)24(20)13-12-23-11-5-9-17(23)19-22-16-8-3-4-10-18(16)27-19/h1-4,6-8,10,17H,5,9,11-13H2. The SMILES string of the molecule is O=C1c2ccccc2C(=O)N1CCN1CCCC1c1nc2ccccc2s1. The quantitative estimate of drug-likeness (QED) is 0.650. The molecular formula is C21H19N3O2S.